The quantitative estimate of drug-likeness (QED) is 0.394. The van der Waals surface area contributed by atoms with Crippen LogP contribution in [-0.4, -0.2) is 67.8 Å². The van der Waals surface area contributed by atoms with Gasteiger partial charge in [-0.2, -0.15) is 10.2 Å². The maximum atomic E-state index is 13.0. The van der Waals surface area contributed by atoms with E-state index in [9.17, 15) is 9.59 Å². The number of likely N-dealkylation sites (tertiary alicyclic amines) is 1. The van der Waals surface area contributed by atoms with Gasteiger partial charge in [-0.05, 0) is 60.7 Å². The largest absolute Gasteiger partial charge is 0.420 e. The Labute approximate surface area is 230 Å². The normalized spacial score (nSPS) is 16.0. The number of nitrogens with one attached hydrogen (secondary N) is 1. The van der Waals surface area contributed by atoms with Crippen LogP contribution in [0, 0.1) is 0 Å². The van der Waals surface area contributed by atoms with E-state index < -0.39 is 0 Å². The van der Waals surface area contributed by atoms with Gasteiger partial charge in [-0.3, -0.25) is 4.79 Å². The van der Waals surface area contributed by atoms with E-state index in [1.807, 2.05) is 47.4 Å². The van der Waals surface area contributed by atoms with Crippen LogP contribution in [0.4, 0.5) is 10.5 Å². The number of anilines is 1. The number of amides is 3. The number of hydrogen-bond donors (Lipinski definition) is 1. The van der Waals surface area contributed by atoms with Crippen molar-refractivity contribution in [1.82, 2.24) is 30.2 Å². The molecule has 1 saturated heterocycles. The van der Waals surface area contributed by atoms with Gasteiger partial charge in [0.25, 0.3) is 0 Å². The molecule has 0 spiro atoms. The van der Waals surface area contributed by atoms with E-state index in [2.05, 4.69) is 25.7 Å². The molecule has 0 atom stereocenters. The SMILES string of the molecule is O=C(Cc1nnc(-c2cc(Cl)cc(-c3ccnnc3)c2)o1)N1CCC(N2CCc3ccccc3NC2=O)CC1. The van der Waals surface area contributed by atoms with Gasteiger partial charge in [0.2, 0.25) is 17.7 Å². The van der Waals surface area contributed by atoms with Gasteiger partial charge < -0.3 is 19.5 Å². The molecule has 198 valence electrons. The number of aromatic nitrogens is 4. The van der Waals surface area contributed by atoms with Gasteiger partial charge in [0.1, 0.15) is 6.42 Å². The monoisotopic (exact) mass is 543 g/mol. The first kappa shape index (κ1) is 25.0. The van der Waals surface area contributed by atoms with Crippen molar-refractivity contribution in [1.29, 1.82) is 0 Å². The topological polar surface area (TPSA) is 117 Å². The fraction of sp³-hybridized carbons (Fsp3) is 0.286. The van der Waals surface area contributed by atoms with Gasteiger partial charge in [0.05, 0.1) is 12.4 Å². The van der Waals surface area contributed by atoms with Crippen LogP contribution in [0.3, 0.4) is 0 Å². The Morgan fingerprint density at radius 3 is 2.64 bits per heavy atom. The van der Waals surface area contributed by atoms with Crippen LogP contribution in [0.25, 0.3) is 22.6 Å². The van der Waals surface area contributed by atoms with E-state index in [1.165, 1.54) is 0 Å². The van der Waals surface area contributed by atoms with Crippen molar-refractivity contribution in [3.63, 3.8) is 0 Å². The highest BCUT2D eigenvalue weighted by molar-refractivity contribution is 6.31. The molecule has 2 aromatic carbocycles. The van der Waals surface area contributed by atoms with Crippen LogP contribution < -0.4 is 5.32 Å². The molecule has 6 rings (SSSR count). The summed E-state index contributed by atoms with van der Waals surface area (Å²) in [6.07, 6.45) is 5.52. The van der Waals surface area contributed by atoms with Crippen LogP contribution in [-0.2, 0) is 17.6 Å². The number of para-hydroxylation sites is 1. The zero-order chi connectivity index (χ0) is 26.8. The highest BCUT2D eigenvalue weighted by Crippen LogP contribution is 2.30. The summed E-state index contributed by atoms with van der Waals surface area (Å²) in [7, 11) is 0. The third kappa shape index (κ3) is 5.46. The predicted molar refractivity (Wildman–Crippen MR) is 145 cm³/mol. The molecule has 2 aliphatic heterocycles. The molecule has 2 aliphatic rings. The molecular weight excluding hydrogens is 518 g/mol. The smallest absolute Gasteiger partial charge is 0.322 e. The predicted octanol–water partition coefficient (Wildman–Crippen LogP) is 4.47. The Morgan fingerprint density at radius 1 is 1.00 bits per heavy atom. The Kier molecular flexibility index (Phi) is 6.93. The lowest BCUT2D eigenvalue weighted by molar-refractivity contribution is -0.132. The number of halogens is 1. The van der Waals surface area contributed by atoms with E-state index in [4.69, 9.17) is 16.0 Å². The van der Waals surface area contributed by atoms with Crippen molar-refractivity contribution >= 4 is 29.2 Å². The Balaban J connectivity index is 1.07. The van der Waals surface area contributed by atoms with Gasteiger partial charge in [-0.1, -0.05) is 29.8 Å². The summed E-state index contributed by atoms with van der Waals surface area (Å²) in [6, 6.07) is 15.2. The number of hydrogen-bond acceptors (Lipinski definition) is 7. The first-order valence-electron chi connectivity index (χ1n) is 12.9. The molecule has 4 aromatic rings. The first-order valence-corrected chi connectivity index (χ1v) is 13.2. The molecule has 4 heterocycles. The van der Waals surface area contributed by atoms with Crippen LogP contribution in [0.2, 0.25) is 5.02 Å². The van der Waals surface area contributed by atoms with Gasteiger partial charge >= 0.3 is 6.03 Å². The number of rotatable bonds is 5. The van der Waals surface area contributed by atoms with Crippen molar-refractivity contribution in [2.75, 3.05) is 25.0 Å². The van der Waals surface area contributed by atoms with Crippen LogP contribution in [0.5, 0.6) is 0 Å². The summed E-state index contributed by atoms with van der Waals surface area (Å²) < 4.78 is 5.83. The molecule has 1 fully saturated rings. The van der Waals surface area contributed by atoms with E-state index in [1.54, 1.807) is 23.4 Å². The third-order valence-corrected chi connectivity index (χ3v) is 7.45. The van der Waals surface area contributed by atoms with Crippen molar-refractivity contribution in [3.8, 4) is 22.6 Å². The molecule has 11 heteroatoms. The summed E-state index contributed by atoms with van der Waals surface area (Å²) in [4.78, 5) is 29.6. The number of piperidine rings is 1. The first-order chi connectivity index (χ1) is 19.0. The van der Waals surface area contributed by atoms with E-state index in [0.29, 0.717) is 30.2 Å². The van der Waals surface area contributed by atoms with Gasteiger partial charge in [0, 0.05) is 47.5 Å². The minimum Gasteiger partial charge on any atom is -0.420 e. The van der Waals surface area contributed by atoms with Crippen molar-refractivity contribution in [3.05, 3.63) is 77.4 Å². The fourth-order valence-electron chi connectivity index (χ4n) is 5.19. The molecule has 0 unspecified atom stereocenters. The molecular formula is C28H26ClN7O3. The lowest BCUT2D eigenvalue weighted by Crippen LogP contribution is -2.50. The van der Waals surface area contributed by atoms with Crippen LogP contribution in [0.1, 0.15) is 24.3 Å². The zero-order valence-electron chi connectivity index (χ0n) is 21.1. The number of fused-ring (bicyclic) bond motifs is 1. The van der Waals surface area contributed by atoms with Crippen molar-refractivity contribution < 1.29 is 14.0 Å². The number of urea groups is 1. The van der Waals surface area contributed by atoms with Crippen LogP contribution in [0.15, 0.2) is 65.3 Å². The molecule has 0 bridgehead atoms. The molecule has 2 aromatic heterocycles. The molecule has 3 amide bonds. The number of carbonyl (C=O) groups is 2. The molecule has 0 saturated carbocycles. The molecule has 1 N–H and O–H groups in total. The second-order valence-electron chi connectivity index (χ2n) is 9.68. The van der Waals surface area contributed by atoms with Gasteiger partial charge in [-0.25, -0.2) is 4.79 Å². The minimum absolute atomic E-state index is 0.0128. The summed E-state index contributed by atoms with van der Waals surface area (Å²) in [6.45, 7) is 1.80. The van der Waals surface area contributed by atoms with E-state index in [-0.39, 0.29) is 36.2 Å². The summed E-state index contributed by atoms with van der Waals surface area (Å²) in [5.74, 6) is 0.454. The number of carbonyl (C=O) groups excluding carboxylic acids is 2. The minimum atomic E-state index is -0.0778. The second-order valence-corrected chi connectivity index (χ2v) is 10.1. The molecule has 39 heavy (non-hydrogen) atoms. The lowest BCUT2D eigenvalue weighted by Gasteiger charge is -2.37. The third-order valence-electron chi connectivity index (χ3n) is 7.23. The standard InChI is InChI=1S/C28H26ClN7O3/c29-22-14-20(19-5-9-30-31-17-19)13-21(15-22)27-34-33-25(39-27)16-26(37)35-10-7-23(8-11-35)36-12-6-18-3-1-2-4-24(18)32-28(36)38/h1-5,9,13-15,17,23H,6-8,10-12,16H2,(H,32,38). The highest BCUT2D eigenvalue weighted by atomic mass is 35.5. The highest BCUT2D eigenvalue weighted by Gasteiger charge is 2.31. The summed E-state index contributed by atoms with van der Waals surface area (Å²) >= 11 is 6.34. The Hall–Kier alpha value is -4.31. The second kappa shape index (κ2) is 10.8. The Morgan fingerprint density at radius 2 is 1.82 bits per heavy atom. The maximum Gasteiger partial charge on any atom is 0.322 e. The van der Waals surface area contributed by atoms with E-state index >= 15 is 0 Å². The van der Waals surface area contributed by atoms with Crippen molar-refractivity contribution in [2.45, 2.75) is 31.7 Å². The average molecular weight is 544 g/mol. The molecule has 0 radical (unpaired) electrons. The molecule has 0 aliphatic carbocycles. The van der Waals surface area contributed by atoms with Crippen LogP contribution >= 0.6 is 11.6 Å². The molecule has 10 nitrogen and oxygen atoms in total. The average Bonchev–Trinajstić information content (AvgIpc) is 3.35. The van der Waals surface area contributed by atoms with Gasteiger partial charge in [0.15, 0.2) is 0 Å². The zero-order valence-corrected chi connectivity index (χ0v) is 21.8. The number of nitrogens with zero attached hydrogens (tertiary/aromatic N) is 6. The summed E-state index contributed by atoms with van der Waals surface area (Å²) in [5, 5.41) is 19.5. The lowest BCUT2D eigenvalue weighted by atomic mass is 10.0. The fourth-order valence-corrected chi connectivity index (χ4v) is 5.42. The van der Waals surface area contributed by atoms with E-state index in [0.717, 1.165) is 41.6 Å². The maximum absolute atomic E-state index is 13.0. The summed E-state index contributed by atoms with van der Waals surface area (Å²) in [5.41, 5.74) is 4.37. The number of benzene rings is 2. The van der Waals surface area contributed by atoms with Gasteiger partial charge in [-0.15, -0.1) is 10.2 Å². The Bertz CT molecular complexity index is 1500. The van der Waals surface area contributed by atoms with Crippen molar-refractivity contribution in [2.24, 2.45) is 0 Å².